The van der Waals surface area contributed by atoms with Crippen LogP contribution in [0.15, 0.2) is 12.4 Å². The Balaban J connectivity index is 0.000000415. The van der Waals surface area contributed by atoms with Crippen molar-refractivity contribution in [3.05, 3.63) is 18.0 Å². The third-order valence-corrected chi connectivity index (χ3v) is 3.79. The zero-order chi connectivity index (χ0) is 14.3. The molecule has 0 atom stereocenters. The Morgan fingerprint density at radius 1 is 1.00 bits per heavy atom. The summed E-state index contributed by atoms with van der Waals surface area (Å²) in [5.41, 5.74) is 7.36. The summed E-state index contributed by atoms with van der Waals surface area (Å²) in [7, 11) is 0. The van der Waals surface area contributed by atoms with Gasteiger partial charge in [0.1, 0.15) is 0 Å². The average molecular weight is 265 g/mol. The highest BCUT2D eigenvalue weighted by atomic mass is 15.3. The minimum Gasteiger partial charge on any atom is -0.328 e. The number of aromatic nitrogens is 2. The number of nitrogens with zero attached hydrogens (tertiary/aromatic N) is 2. The molecule has 0 bridgehead atoms. The Hall–Kier alpha value is -0.830. The monoisotopic (exact) mass is 265 g/mol. The molecule has 1 aromatic rings. The fourth-order valence-corrected chi connectivity index (χ4v) is 2.55. The van der Waals surface area contributed by atoms with Gasteiger partial charge < -0.3 is 5.73 Å². The van der Waals surface area contributed by atoms with Gasteiger partial charge in [-0.2, -0.15) is 5.10 Å². The molecular weight excluding hydrogens is 234 g/mol. The topological polar surface area (TPSA) is 43.8 Å². The van der Waals surface area contributed by atoms with Crippen LogP contribution in [0, 0.1) is 0 Å². The predicted molar refractivity (Wildman–Crippen MR) is 82.4 cm³/mol. The largest absolute Gasteiger partial charge is 0.328 e. The van der Waals surface area contributed by atoms with E-state index in [0.717, 1.165) is 5.92 Å². The SMILES string of the molecule is CC.CC.NC1CCC(c2cnn(C3CC3)c2)CC1. The molecule has 19 heavy (non-hydrogen) atoms. The van der Waals surface area contributed by atoms with E-state index in [1.165, 1.54) is 44.1 Å². The van der Waals surface area contributed by atoms with Gasteiger partial charge in [-0.3, -0.25) is 4.68 Å². The van der Waals surface area contributed by atoms with Gasteiger partial charge in [0.05, 0.1) is 12.2 Å². The van der Waals surface area contributed by atoms with Crippen molar-refractivity contribution in [2.24, 2.45) is 5.73 Å². The van der Waals surface area contributed by atoms with Crippen LogP contribution in [-0.4, -0.2) is 15.8 Å². The summed E-state index contributed by atoms with van der Waals surface area (Å²) in [4.78, 5) is 0. The van der Waals surface area contributed by atoms with E-state index in [4.69, 9.17) is 5.73 Å². The minimum absolute atomic E-state index is 0.444. The van der Waals surface area contributed by atoms with Gasteiger partial charge in [0.15, 0.2) is 0 Å². The van der Waals surface area contributed by atoms with Crippen molar-refractivity contribution in [3.63, 3.8) is 0 Å². The van der Waals surface area contributed by atoms with Gasteiger partial charge in [-0.05, 0) is 50.0 Å². The second-order valence-electron chi connectivity index (χ2n) is 5.10. The molecule has 2 aliphatic rings. The van der Waals surface area contributed by atoms with E-state index in [0.29, 0.717) is 12.1 Å². The molecule has 2 N–H and O–H groups in total. The summed E-state index contributed by atoms with van der Waals surface area (Å²) in [6.45, 7) is 8.00. The van der Waals surface area contributed by atoms with Gasteiger partial charge in [-0.1, -0.05) is 27.7 Å². The maximum atomic E-state index is 5.92. The molecule has 0 aliphatic heterocycles. The van der Waals surface area contributed by atoms with Crippen LogP contribution in [0.3, 0.4) is 0 Å². The second-order valence-corrected chi connectivity index (χ2v) is 5.10. The molecule has 0 radical (unpaired) electrons. The van der Waals surface area contributed by atoms with Gasteiger partial charge in [0.2, 0.25) is 0 Å². The lowest BCUT2D eigenvalue weighted by atomic mass is 9.83. The molecule has 3 rings (SSSR count). The Kier molecular flexibility index (Phi) is 7.14. The molecule has 0 spiro atoms. The van der Waals surface area contributed by atoms with Crippen molar-refractivity contribution in [2.75, 3.05) is 0 Å². The van der Waals surface area contributed by atoms with Crippen LogP contribution in [0.25, 0.3) is 0 Å². The Morgan fingerprint density at radius 3 is 2.11 bits per heavy atom. The van der Waals surface area contributed by atoms with Gasteiger partial charge in [-0.25, -0.2) is 0 Å². The lowest BCUT2D eigenvalue weighted by molar-refractivity contribution is 0.395. The zero-order valence-corrected chi connectivity index (χ0v) is 13.1. The standard InChI is InChI=1S/C12H19N3.2C2H6/c13-11-3-1-9(2-4-11)10-7-14-15(8-10)12-5-6-12;2*1-2/h7-9,11-12H,1-6,13H2;2*1-2H3. The first kappa shape index (κ1) is 16.2. The molecule has 2 aliphatic carbocycles. The van der Waals surface area contributed by atoms with Gasteiger partial charge >= 0.3 is 0 Å². The number of hydrogen-bond acceptors (Lipinski definition) is 2. The summed E-state index contributed by atoms with van der Waals surface area (Å²) >= 11 is 0. The molecule has 2 fully saturated rings. The van der Waals surface area contributed by atoms with Crippen molar-refractivity contribution in [1.82, 2.24) is 9.78 Å². The molecule has 1 heterocycles. The van der Waals surface area contributed by atoms with Crippen LogP contribution in [0.5, 0.6) is 0 Å². The quantitative estimate of drug-likeness (QED) is 0.868. The predicted octanol–water partition coefficient (Wildman–Crippen LogP) is 4.26. The van der Waals surface area contributed by atoms with Crippen molar-refractivity contribution in [2.45, 2.75) is 84.2 Å². The fourth-order valence-electron chi connectivity index (χ4n) is 2.55. The second kappa shape index (κ2) is 8.36. The number of hydrogen-bond donors (Lipinski definition) is 1. The van der Waals surface area contributed by atoms with Crippen LogP contribution in [-0.2, 0) is 0 Å². The molecule has 1 aromatic heterocycles. The first-order valence-electron chi connectivity index (χ1n) is 8.12. The zero-order valence-electron chi connectivity index (χ0n) is 13.1. The van der Waals surface area contributed by atoms with Crippen LogP contribution < -0.4 is 5.73 Å². The third-order valence-electron chi connectivity index (χ3n) is 3.79. The highest BCUT2D eigenvalue weighted by Crippen LogP contribution is 2.37. The van der Waals surface area contributed by atoms with E-state index in [-0.39, 0.29) is 0 Å². The van der Waals surface area contributed by atoms with Crippen molar-refractivity contribution < 1.29 is 0 Å². The molecule has 3 heteroatoms. The fraction of sp³-hybridized carbons (Fsp3) is 0.812. The van der Waals surface area contributed by atoms with E-state index in [2.05, 4.69) is 22.2 Å². The summed E-state index contributed by atoms with van der Waals surface area (Å²) in [5.74, 6) is 0.720. The van der Waals surface area contributed by atoms with E-state index in [1.54, 1.807) is 0 Å². The summed E-state index contributed by atoms with van der Waals surface area (Å²) in [6, 6.07) is 1.16. The maximum Gasteiger partial charge on any atom is 0.0524 e. The van der Waals surface area contributed by atoms with Gasteiger partial charge in [-0.15, -0.1) is 0 Å². The average Bonchev–Trinajstić information content (AvgIpc) is 3.22. The normalized spacial score (nSPS) is 25.7. The van der Waals surface area contributed by atoms with Gasteiger partial charge in [0.25, 0.3) is 0 Å². The first-order chi connectivity index (χ1) is 9.33. The lowest BCUT2D eigenvalue weighted by Gasteiger charge is -2.25. The number of nitrogens with two attached hydrogens (primary N) is 1. The third kappa shape index (κ3) is 4.64. The molecule has 110 valence electrons. The Labute approximate surface area is 118 Å². The molecule has 3 nitrogen and oxygen atoms in total. The number of rotatable bonds is 2. The smallest absolute Gasteiger partial charge is 0.0524 e. The van der Waals surface area contributed by atoms with Crippen LogP contribution in [0.2, 0.25) is 0 Å². The molecule has 2 saturated carbocycles. The highest BCUT2D eigenvalue weighted by molar-refractivity contribution is 5.13. The first-order valence-corrected chi connectivity index (χ1v) is 8.12. The Morgan fingerprint density at radius 2 is 1.58 bits per heavy atom. The van der Waals surface area contributed by atoms with Crippen molar-refractivity contribution >= 4 is 0 Å². The maximum absolute atomic E-state index is 5.92. The summed E-state index contributed by atoms with van der Waals surface area (Å²) in [6.07, 6.45) is 11.8. The van der Waals surface area contributed by atoms with Crippen LogP contribution in [0.1, 0.15) is 83.7 Å². The molecule has 0 amide bonds. The summed E-state index contributed by atoms with van der Waals surface area (Å²) in [5, 5.41) is 4.46. The van der Waals surface area contributed by atoms with Gasteiger partial charge in [0, 0.05) is 12.2 Å². The molecule has 0 saturated heterocycles. The van der Waals surface area contributed by atoms with Crippen LogP contribution in [0.4, 0.5) is 0 Å². The lowest BCUT2D eigenvalue weighted by Crippen LogP contribution is -2.25. The van der Waals surface area contributed by atoms with E-state index in [9.17, 15) is 0 Å². The highest BCUT2D eigenvalue weighted by Gasteiger charge is 2.26. The van der Waals surface area contributed by atoms with Crippen molar-refractivity contribution in [1.29, 1.82) is 0 Å². The summed E-state index contributed by atoms with van der Waals surface area (Å²) < 4.78 is 2.16. The van der Waals surface area contributed by atoms with E-state index in [1.807, 2.05) is 27.7 Å². The molecular formula is C16H31N3. The van der Waals surface area contributed by atoms with Crippen molar-refractivity contribution in [3.8, 4) is 0 Å². The molecule has 0 aromatic carbocycles. The van der Waals surface area contributed by atoms with E-state index >= 15 is 0 Å². The molecule has 0 unspecified atom stereocenters. The minimum atomic E-state index is 0.444. The van der Waals surface area contributed by atoms with Crippen LogP contribution >= 0.6 is 0 Å². The Bertz CT molecular complexity index is 334. The van der Waals surface area contributed by atoms with E-state index < -0.39 is 0 Å².